The fraction of sp³-hybridized carbons (Fsp3) is 0.312. The van der Waals surface area contributed by atoms with Crippen molar-refractivity contribution in [3.8, 4) is 0 Å². The van der Waals surface area contributed by atoms with Gasteiger partial charge in [0, 0.05) is 28.4 Å². The number of nitrogens with two attached hydrogens (primary N) is 1. The van der Waals surface area contributed by atoms with Gasteiger partial charge in [-0.25, -0.2) is 0 Å². The summed E-state index contributed by atoms with van der Waals surface area (Å²) in [5.41, 5.74) is 9.59. The van der Waals surface area contributed by atoms with Crippen molar-refractivity contribution < 1.29 is 0 Å². The molecule has 3 heteroatoms. The molecule has 0 saturated carbocycles. The highest BCUT2D eigenvalue weighted by Gasteiger charge is 2.39. The van der Waals surface area contributed by atoms with Crippen LogP contribution in [0.3, 0.4) is 0 Å². The number of rotatable bonds is 2. The molecule has 2 N–H and O–H groups in total. The minimum absolute atomic E-state index is 0.226. The molecule has 2 aromatic rings. The molecule has 0 amide bonds. The maximum atomic E-state index is 6.63. The summed E-state index contributed by atoms with van der Waals surface area (Å²) >= 11 is 6.31. The van der Waals surface area contributed by atoms with Gasteiger partial charge < -0.3 is 5.73 Å². The summed E-state index contributed by atoms with van der Waals surface area (Å²) in [6, 6.07) is 12.0. The van der Waals surface area contributed by atoms with Gasteiger partial charge in [0.15, 0.2) is 0 Å². The highest BCUT2D eigenvalue weighted by Crippen LogP contribution is 2.44. The summed E-state index contributed by atoms with van der Waals surface area (Å²) in [5, 5.41) is 0.733. The Bertz CT molecular complexity index is 607. The first-order chi connectivity index (χ1) is 9.10. The zero-order valence-electron chi connectivity index (χ0n) is 10.9. The van der Waals surface area contributed by atoms with Gasteiger partial charge in [0.05, 0.1) is 0 Å². The van der Waals surface area contributed by atoms with Crippen LogP contribution in [0.1, 0.15) is 36.1 Å². The maximum Gasteiger partial charge on any atom is 0.0488 e. The molecular formula is C16H17ClN2. The van der Waals surface area contributed by atoms with E-state index < -0.39 is 5.54 Å². The monoisotopic (exact) mass is 272 g/mol. The summed E-state index contributed by atoms with van der Waals surface area (Å²) in [6.07, 6.45) is 3.93. The zero-order chi connectivity index (χ0) is 13.5. The summed E-state index contributed by atoms with van der Waals surface area (Å²) in [7, 11) is 0. The molecule has 1 aliphatic carbocycles. The van der Waals surface area contributed by atoms with Gasteiger partial charge in [0.2, 0.25) is 0 Å². The average molecular weight is 273 g/mol. The average Bonchev–Trinajstić information content (AvgIpc) is 2.83. The first-order valence-corrected chi connectivity index (χ1v) is 6.96. The topological polar surface area (TPSA) is 38.9 Å². The largest absolute Gasteiger partial charge is 0.321 e. The predicted molar refractivity (Wildman–Crippen MR) is 78.3 cm³/mol. The summed E-state index contributed by atoms with van der Waals surface area (Å²) < 4.78 is 0. The predicted octanol–water partition coefficient (Wildman–Crippen LogP) is 3.64. The van der Waals surface area contributed by atoms with Crippen LogP contribution < -0.4 is 5.73 Å². The number of nitrogens with zero attached hydrogens (tertiary/aromatic N) is 1. The van der Waals surface area contributed by atoms with Crippen molar-refractivity contribution in [1.29, 1.82) is 0 Å². The Morgan fingerprint density at radius 1 is 1.26 bits per heavy atom. The molecule has 3 rings (SSSR count). The first kappa shape index (κ1) is 12.6. The van der Waals surface area contributed by atoms with E-state index in [1.807, 2.05) is 36.5 Å². The Hall–Kier alpha value is -1.38. The minimum Gasteiger partial charge on any atom is -0.321 e. The molecule has 0 spiro atoms. The number of fused-ring (bicyclic) bond motifs is 1. The van der Waals surface area contributed by atoms with Crippen molar-refractivity contribution in [2.75, 3.05) is 0 Å². The summed E-state index contributed by atoms with van der Waals surface area (Å²) in [6.45, 7) is 2.06. The molecule has 1 aromatic carbocycles. The number of hydrogen-bond acceptors (Lipinski definition) is 2. The fourth-order valence-corrected chi connectivity index (χ4v) is 3.42. The quantitative estimate of drug-likeness (QED) is 0.907. The molecule has 19 heavy (non-hydrogen) atoms. The van der Waals surface area contributed by atoms with Gasteiger partial charge in [-0.3, -0.25) is 4.98 Å². The van der Waals surface area contributed by atoms with E-state index in [9.17, 15) is 0 Å². The smallest absolute Gasteiger partial charge is 0.0488 e. The standard InChI is InChI=1S/C16H17ClN2/c1-16(18,12-6-2-3-7-14(12)17)13-9-8-11-5-4-10-19-15(11)13/h2-7,10,13H,8-9,18H2,1H3. The third-order valence-electron chi connectivity index (χ3n) is 4.14. The Labute approximate surface area is 118 Å². The first-order valence-electron chi connectivity index (χ1n) is 6.58. The van der Waals surface area contributed by atoms with Crippen molar-refractivity contribution in [1.82, 2.24) is 4.98 Å². The number of halogens is 1. The third kappa shape index (κ3) is 2.05. The molecule has 0 aliphatic heterocycles. The maximum absolute atomic E-state index is 6.63. The van der Waals surface area contributed by atoms with E-state index >= 15 is 0 Å². The highest BCUT2D eigenvalue weighted by molar-refractivity contribution is 6.31. The molecule has 0 radical (unpaired) electrons. The Morgan fingerprint density at radius 2 is 2.05 bits per heavy atom. The van der Waals surface area contributed by atoms with E-state index in [-0.39, 0.29) is 5.92 Å². The molecular weight excluding hydrogens is 256 g/mol. The second-order valence-electron chi connectivity index (χ2n) is 5.40. The van der Waals surface area contributed by atoms with Gasteiger partial charge in [0.1, 0.15) is 0 Å². The van der Waals surface area contributed by atoms with Crippen LogP contribution in [0.5, 0.6) is 0 Å². The van der Waals surface area contributed by atoms with Gasteiger partial charge in [0.25, 0.3) is 0 Å². The highest BCUT2D eigenvalue weighted by atomic mass is 35.5. The van der Waals surface area contributed by atoms with E-state index in [1.54, 1.807) is 0 Å². The van der Waals surface area contributed by atoms with Gasteiger partial charge in [-0.2, -0.15) is 0 Å². The lowest BCUT2D eigenvalue weighted by atomic mass is 9.79. The second kappa shape index (κ2) is 4.62. The lowest BCUT2D eigenvalue weighted by molar-refractivity contribution is 0.381. The number of benzene rings is 1. The Morgan fingerprint density at radius 3 is 2.84 bits per heavy atom. The van der Waals surface area contributed by atoms with Crippen molar-refractivity contribution in [2.45, 2.75) is 31.2 Å². The van der Waals surface area contributed by atoms with E-state index in [4.69, 9.17) is 17.3 Å². The van der Waals surface area contributed by atoms with Crippen molar-refractivity contribution in [3.63, 3.8) is 0 Å². The van der Waals surface area contributed by atoms with E-state index in [2.05, 4.69) is 18.0 Å². The molecule has 2 atom stereocenters. The molecule has 0 bridgehead atoms. The van der Waals surface area contributed by atoms with Crippen LogP contribution in [0.25, 0.3) is 0 Å². The van der Waals surface area contributed by atoms with Crippen molar-refractivity contribution >= 4 is 11.6 Å². The van der Waals surface area contributed by atoms with Crippen LogP contribution in [0, 0.1) is 0 Å². The number of aromatic nitrogens is 1. The van der Waals surface area contributed by atoms with Crippen LogP contribution in [0.15, 0.2) is 42.6 Å². The normalized spacial score (nSPS) is 20.9. The second-order valence-corrected chi connectivity index (χ2v) is 5.81. The number of aryl methyl sites for hydroxylation is 1. The minimum atomic E-state index is -0.488. The summed E-state index contributed by atoms with van der Waals surface area (Å²) in [5.74, 6) is 0.226. The summed E-state index contributed by atoms with van der Waals surface area (Å²) in [4.78, 5) is 4.54. The van der Waals surface area contributed by atoms with Crippen LogP contribution in [0.2, 0.25) is 5.02 Å². The van der Waals surface area contributed by atoms with Gasteiger partial charge in [-0.15, -0.1) is 0 Å². The molecule has 2 nitrogen and oxygen atoms in total. The fourth-order valence-electron chi connectivity index (χ4n) is 3.08. The lowest BCUT2D eigenvalue weighted by Gasteiger charge is -2.33. The molecule has 0 fully saturated rings. The Kier molecular flexibility index (Phi) is 3.08. The van der Waals surface area contributed by atoms with Crippen LogP contribution >= 0.6 is 11.6 Å². The van der Waals surface area contributed by atoms with Crippen LogP contribution in [-0.2, 0) is 12.0 Å². The Balaban J connectivity index is 2.05. The van der Waals surface area contributed by atoms with Gasteiger partial charge in [-0.05, 0) is 43.0 Å². The molecule has 98 valence electrons. The zero-order valence-corrected chi connectivity index (χ0v) is 11.7. The van der Waals surface area contributed by atoms with Crippen LogP contribution in [-0.4, -0.2) is 4.98 Å². The molecule has 1 aliphatic rings. The van der Waals surface area contributed by atoms with E-state index in [0.717, 1.165) is 29.1 Å². The third-order valence-corrected chi connectivity index (χ3v) is 4.47. The molecule has 2 unspecified atom stereocenters. The van der Waals surface area contributed by atoms with E-state index in [1.165, 1.54) is 5.56 Å². The molecule has 1 aromatic heterocycles. The van der Waals surface area contributed by atoms with Crippen molar-refractivity contribution in [3.05, 3.63) is 64.4 Å². The van der Waals surface area contributed by atoms with E-state index in [0.29, 0.717) is 0 Å². The van der Waals surface area contributed by atoms with Gasteiger partial charge in [-0.1, -0.05) is 35.9 Å². The molecule has 1 heterocycles. The SMILES string of the molecule is CC(N)(c1ccccc1Cl)C1CCc2cccnc21. The number of pyridine rings is 1. The lowest BCUT2D eigenvalue weighted by Crippen LogP contribution is -2.39. The molecule has 0 saturated heterocycles. The van der Waals surface area contributed by atoms with Crippen molar-refractivity contribution in [2.24, 2.45) is 5.73 Å². The number of hydrogen-bond donors (Lipinski definition) is 1. The van der Waals surface area contributed by atoms with Crippen LogP contribution in [0.4, 0.5) is 0 Å². The van der Waals surface area contributed by atoms with Gasteiger partial charge >= 0.3 is 0 Å².